The Kier molecular flexibility index (Phi) is 2.14. The second kappa shape index (κ2) is 3.32. The van der Waals surface area contributed by atoms with Crippen LogP contribution in [0.2, 0.25) is 0 Å². The molecule has 1 aromatic heterocycles. The Morgan fingerprint density at radius 1 is 1.43 bits per heavy atom. The fraction of sp³-hybridized carbons (Fsp3) is 0. The van der Waals surface area contributed by atoms with Gasteiger partial charge in [0, 0.05) is 16.7 Å². The zero-order valence-electron chi connectivity index (χ0n) is 6.89. The highest BCUT2D eigenvalue weighted by Gasteiger charge is 2.11. The summed E-state index contributed by atoms with van der Waals surface area (Å²) in [5.74, 6) is -0.435. The predicted molar refractivity (Wildman–Crippen MR) is 50.4 cm³/mol. The van der Waals surface area contributed by atoms with E-state index in [0.717, 1.165) is 0 Å². The van der Waals surface area contributed by atoms with Crippen LogP contribution < -0.4 is 4.72 Å². The Hall–Kier alpha value is -1.53. The summed E-state index contributed by atoms with van der Waals surface area (Å²) in [6, 6.07) is 6.72. The fourth-order valence-corrected chi connectivity index (χ4v) is 1.58. The van der Waals surface area contributed by atoms with Gasteiger partial charge >= 0.3 is 5.95 Å². The van der Waals surface area contributed by atoms with E-state index in [1.807, 2.05) is 0 Å². The van der Waals surface area contributed by atoms with Gasteiger partial charge in [-0.05, 0) is 12.1 Å². The number of hydrogen-bond acceptors (Lipinski definition) is 4. The van der Waals surface area contributed by atoms with Gasteiger partial charge in [0.25, 0.3) is 0 Å². The van der Waals surface area contributed by atoms with Gasteiger partial charge in [-0.2, -0.15) is 0 Å². The normalized spacial score (nSPS) is 12.9. The molecule has 14 heavy (non-hydrogen) atoms. The highest BCUT2D eigenvalue weighted by molar-refractivity contribution is 7.80. The highest BCUT2D eigenvalue weighted by atomic mass is 32.2. The molecule has 2 aromatic rings. The van der Waals surface area contributed by atoms with E-state index in [-0.39, 0.29) is 5.69 Å². The van der Waals surface area contributed by atoms with Gasteiger partial charge in [0.2, 0.25) is 0 Å². The molecule has 74 valence electrons. The Balaban J connectivity index is 2.62. The molecule has 1 unspecified atom stereocenters. The average molecular weight is 212 g/mol. The van der Waals surface area contributed by atoms with E-state index in [4.69, 9.17) is 4.42 Å². The standard InChI is InChI=1S/C8H7NO4S/c10-8-7(9-14(11)12)5-3-1-2-4-6(5)13-8/h1-4,9-10H,(H,11,12)/p-1. The molecule has 0 bridgehead atoms. The average Bonchev–Trinajstić information content (AvgIpc) is 2.43. The van der Waals surface area contributed by atoms with Crippen molar-refractivity contribution in [1.29, 1.82) is 0 Å². The zero-order chi connectivity index (χ0) is 10.1. The quantitative estimate of drug-likeness (QED) is 0.735. The summed E-state index contributed by atoms with van der Waals surface area (Å²) in [5, 5.41) is 9.80. The van der Waals surface area contributed by atoms with Gasteiger partial charge in [0.1, 0.15) is 11.3 Å². The Morgan fingerprint density at radius 2 is 2.14 bits per heavy atom. The summed E-state index contributed by atoms with van der Waals surface area (Å²) in [4.78, 5) is 0. The van der Waals surface area contributed by atoms with E-state index in [2.05, 4.69) is 4.72 Å². The van der Waals surface area contributed by atoms with Crippen molar-refractivity contribution in [2.24, 2.45) is 0 Å². The van der Waals surface area contributed by atoms with Crippen LogP contribution >= 0.6 is 0 Å². The molecule has 0 fully saturated rings. The Labute approximate surface area is 81.8 Å². The lowest BCUT2D eigenvalue weighted by molar-refractivity contribution is 0.349. The molecule has 2 N–H and O–H groups in total. The number of furan rings is 1. The third-order valence-electron chi connectivity index (χ3n) is 1.76. The summed E-state index contributed by atoms with van der Waals surface area (Å²) in [6.45, 7) is 0. The van der Waals surface area contributed by atoms with E-state index in [9.17, 15) is 13.9 Å². The number of aromatic hydroxyl groups is 1. The first-order valence-electron chi connectivity index (χ1n) is 3.75. The second-order valence-electron chi connectivity index (χ2n) is 2.62. The van der Waals surface area contributed by atoms with Crippen LogP contribution in [0.4, 0.5) is 5.69 Å². The van der Waals surface area contributed by atoms with Crippen LogP contribution in [0, 0.1) is 0 Å². The number of benzene rings is 1. The van der Waals surface area contributed by atoms with Crippen LogP contribution in [0.15, 0.2) is 28.7 Å². The van der Waals surface area contributed by atoms with Gasteiger partial charge in [0.05, 0.1) is 0 Å². The number of anilines is 1. The molecule has 1 atom stereocenters. The largest absolute Gasteiger partial charge is 0.755 e. The first kappa shape index (κ1) is 9.04. The maximum absolute atomic E-state index is 10.4. The molecular weight excluding hydrogens is 206 g/mol. The molecular formula is C8H6NO4S-. The molecule has 6 heteroatoms. The van der Waals surface area contributed by atoms with E-state index >= 15 is 0 Å². The number of para-hydroxylation sites is 1. The van der Waals surface area contributed by atoms with Gasteiger partial charge in [-0.3, -0.25) is 4.21 Å². The number of rotatable bonds is 2. The smallest absolute Gasteiger partial charge is 0.308 e. The van der Waals surface area contributed by atoms with Crippen molar-refractivity contribution >= 4 is 27.9 Å². The molecule has 0 aliphatic carbocycles. The van der Waals surface area contributed by atoms with E-state index < -0.39 is 17.2 Å². The number of hydrogen-bond donors (Lipinski definition) is 2. The molecule has 0 saturated heterocycles. The maximum atomic E-state index is 10.4. The molecule has 5 nitrogen and oxygen atoms in total. The summed E-state index contributed by atoms with van der Waals surface area (Å²) >= 11 is -2.48. The summed E-state index contributed by atoms with van der Waals surface area (Å²) < 4.78 is 27.8. The van der Waals surface area contributed by atoms with Crippen molar-refractivity contribution < 1.29 is 18.3 Å². The van der Waals surface area contributed by atoms with Crippen LogP contribution in [0.25, 0.3) is 11.0 Å². The summed E-state index contributed by atoms with van der Waals surface area (Å²) in [5.41, 5.74) is 0.492. The Morgan fingerprint density at radius 3 is 2.86 bits per heavy atom. The first-order chi connectivity index (χ1) is 6.68. The summed E-state index contributed by atoms with van der Waals surface area (Å²) in [6.07, 6.45) is 0. The van der Waals surface area contributed by atoms with Crippen molar-refractivity contribution in [1.82, 2.24) is 0 Å². The predicted octanol–water partition coefficient (Wildman–Crippen LogP) is 1.34. The fourth-order valence-electron chi connectivity index (χ4n) is 1.21. The summed E-state index contributed by atoms with van der Waals surface area (Å²) in [7, 11) is 0. The van der Waals surface area contributed by atoms with E-state index in [0.29, 0.717) is 11.0 Å². The van der Waals surface area contributed by atoms with Crippen molar-refractivity contribution in [2.45, 2.75) is 0 Å². The van der Waals surface area contributed by atoms with Crippen LogP contribution in [0.5, 0.6) is 5.95 Å². The lowest BCUT2D eigenvalue weighted by Gasteiger charge is -2.05. The monoisotopic (exact) mass is 212 g/mol. The van der Waals surface area contributed by atoms with Crippen molar-refractivity contribution in [3.63, 3.8) is 0 Å². The number of nitrogens with one attached hydrogen (secondary N) is 1. The third-order valence-corrected chi connectivity index (χ3v) is 2.13. The molecule has 0 saturated carbocycles. The van der Waals surface area contributed by atoms with E-state index in [1.165, 1.54) is 0 Å². The topological polar surface area (TPSA) is 85.5 Å². The first-order valence-corrected chi connectivity index (χ1v) is 4.82. The van der Waals surface area contributed by atoms with Gasteiger partial charge < -0.3 is 18.8 Å². The van der Waals surface area contributed by atoms with Crippen molar-refractivity contribution in [3.05, 3.63) is 24.3 Å². The van der Waals surface area contributed by atoms with Gasteiger partial charge in [-0.15, -0.1) is 0 Å². The zero-order valence-corrected chi connectivity index (χ0v) is 7.71. The van der Waals surface area contributed by atoms with Crippen LogP contribution in [-0.4, -0.2) is 13.9 Å². The highest BCUT2D eigenvalue weighted by Crippen LogP contribution is 2.35. The van der Waals surface area contributed by atoms with Gasteiger partial charge in [-0.1, -0.05) is 12.1 Å². The molecule has 1 aromatic carbocycles. The third kappa shape index (κ3) is 1.45. The maximum Gasteiger partial charge on any atom is 0.308 e. The molecule has 2 rings (SSSR count). The lowest BCUT2D eigenvalue weighted by Crippen LogP contribution is -2.01. The van der Waals surface area contributed by atoms with Crippen LogP contribution in [0.3, 0.4) is 0 Å². The molecule has 0 radical (unpaired) electrons. The molecule has 0 amide bonds. The minimum Gasteiger partial charge on any atom is -0.755 e. The number of fused-ring (bicyclic) bond motifs is 1. The molecule has 0 spiro atoms. The van der Waals surface area contributed by atoms with Crippen LogP contribution in [0.1, 0.15) is 0 Å². The van der Waals surface area contributed by atoms with Crippen LogP contribution in [-0.2, 0) is 11.3 Å². The van der Waals surface area contributed by atoms with E-state index in [1.54, 1.807) is 24.3 Å². The molecule has 0 aliphatic heterocycles. The molecule has 1 heterocycles. The minimum atomic E-state index is -2.48. The van der Waals surface area contributed by atoms with Crippen molar-refractivity contribution in [3.8, 4) is 5.95 Å². The second-order valence-corrected chi connectivity index (χ2v) is 3.29. The van der Waals surface area contributed by atoms with Gasteiger partial charge in [-0.25, -0.2) is 0 Å². The Bertz CT molecular complexity index is 493. The minimum absolute atomic E-state index is 0.0638. The van der Waals surface area contributed by atoms with Gasteiger partial charge in [0.15, 0.2) is 0 Å². The lowest BCUT2D eigenvalue weighted by atomic mass is 10.2. The molecule has 0 aliphatic rings. The van der Waals surface area contributed by atoms with Crippen molar-refractivity contribution in [2.75, 3.05) is 4.72 Å². The SMILES string of the molecule is O=S([O-])Nc1c(O)oc2ccccc12.